The third-order valence-corrected chi connectivity index (χ3v) is 6.13. The molecule has 0 N–H and O–H groups in total. The number of anilines is 1. The van der Waals surface area contributed by atoms with Gasteiger partial charge in [0.15, 0.2) is 0 Å². The Morgan fingerprint density at radius 1 is 1.00 bits per heavy atom. The quantitative estimate of drug-likeness (QED) is 0.752. The summed E-state index contributed by atoms with van der Waals surface area (Å²) in [6.45, 7) is 1.93. The van der Waals surface area contributed by atoms with Crippen molar-refractivity contribution in [2.75, 3.05) is 4.90 Å². The number of fused-ring (bicyclic) bond motifs is 3. The van der Waals surface area contributed by atoms with Crippen LogP contribution in [0.15, 0.2) is 30.3 Å². The average Bonchev–Trinajstić information content (AvgIpc) is 2.88. The van der Waals surface area contributed by atoms with Gasteiger partial charge in [-0.2, -0.15) is 0 Å². The van der Waals surface area contributed by atoms with Crippen molar-refractivity contribution in [3.8, 4) is 0 Å². The molecule has 5 heteroatoms. The van der Waals surface area contributed by atoms with Crippen LogP contribution in [-0.2, 0) is 14.4 Å². The number of Topliss-reactive ketones (excluding diaryl/α,β-unsaturated/α-hetero) is 1. The molecule has 25 heavy (non-hydrogen) atoms. The van der Waals surface area contributed by atoms with Gasteiger partial charge in [0, 0.05) is 23.4 Å². The number of hydrogen-bond donors (Lipinski definition) is 0. The maximum Gasteiger partial charge on any atom is 0.238 e. The molecule has 2 bridgehead atoms. The van der Waals surface area contributed by atoms with Crippen molar-refractivity contribution in [2.45, 2.75) is 26.2 Å². The van der Waals surface area contributed by atoms with Crippen molar-refractivity contribution >= 4 is 34.2 Å². The number of rotatable bonds is 1. The van der Waals surface area contributed by atoms with Crippen LogP contribution >= 0.6 is 0 Å². The fourth-order valence-corrected chi connectivity index (χ4v) is 4.99. The molecule has 3 saturated carbocycles. The Balaban J connectivity index is 1.58. The number of benzene rings is 1. The topological polar surface area (TPSA) is 67.3 Å². The highest BCUT2D eigenvalue weighted by molar-refractivity contribution is 6.24. The fraction of sp³-hybridized carbons (Fsp3) is 0.400. The monoisotopic (exact) mass is 334 g/mol. The summed E-state index contributed by atoms with van der Waals surface area (Å²) in [6.07, 6.45) is 2.09. The van der Waals surface area contributed by atoms with Gasteiger partial charge in [-0.3, -0.25) is 24.3 Å². The largest absolute Gasteiger partial charge is 0.299 e. The van der Waals surface area contributed by atoms with E-state index < -0.39 is 5.92 Å². The molecule has 1 aromatic heterocycles. The summed E-state index contributed by atoms with van der Waals surface area (Å²) in [6, 6.07) is 9.34. The van der Waals surface area contributed by atoms with Crippen molar-refractivity contribution in [2.24, 2.45) is 23.7 Å². The summed E-state index contributed by atoms with van der Waals surface area (Å²) in [5, 5.41) is 0.901. The number of carbonyl (C=O) groups excluding carboxylic acids is 3. The maximum atomic E-state index is 13.0. The standard InChI is InChI=1S/C20H18N2O3/c1-10-2-3-11-8-13(5-7-15(11)21-10)22-19(24)17-12-4-6-14(16(23)9-12)18(17)20(22)25/h2-3,5,7-8,12,14,17-18H,4,6,9H2,1H3/t12-,14+,17+,18-/m1/s1. The van der Waals surface area contributed by atoms with Gasteiger partial charge in [-0.15, -0.1) is 0 Å². The zero-order valence-corrected chi connectivity index (χ0v) is 13.9. The summed E-state index contributed by atoms with van der Waals surface area (Å²) in [5.74, 6) is -1.14. The van der Waals surface area contributed by atoms with Crippen molar-refractivity contribution in [1.29, 1.82) is 0 Å². The molecule has 4 fully saturated rings. The number of amides is 2. The minimum Gasteiger partial charge on any atom is -0.299 e. The molecule has 5 nitrogen and oxygen atoms in total. The molecular weight excluding hydrogens is 316 g/mol. The zero-order valence-electron chi connectivity index (χ0n) is 13.9. The number of ketones is 1. The Hall–Kier alpha value is -2.56. The average molecular weight is 334 g/mol. The molecule has 2 aromatic rings. The highest BCUT2D eigenvalue weighted by Gasteiger charge is 2.60. The first kappa shape index (κ1) is 14.8. The lowest BCUT2D eigenvalue weighted by molar-refractivity contribution is -0.143. The Kier molecular flexibility index (Phi) is 2.94. The van der Waals surface area contributed by atoms with Gasteiger partial charge in [-0.05, 0) is 49.9 Å². The third-order valence-electron chi connectivity index (χ3n) is 6.13. The van der Waals surface area contributed by atoms with Crippen LogP contribution < -0.4 is 4.90 Å². The Labute approximate surface area is 145 Å². The lowest BCUT2D eigenvalue weighted by Crippen LogP contribution is -2.46. The van der Waals surface area contributed by atoms with Gasteiger partial charge >= 0.3 is 0 Å². The zero-order chi connectivity index (χ0) is 17.3. The number of aryl methyl sites for hydroxylation is 1. The highest BCUT2D eigenvalue weighted by Crippen LogP contribution is 2.52. The van der Waals surface area contributed by atoms with Crippen LogP contribution in [0.25, 0.3) is 10.9 Å². The van der Waals surface area contributed by atoms with Crippen molar-refractivity contribution < 1.29 is 14.4 Å². The lowest BCUT2D eigenvalue weighted by Gasteiger charge is -2.41. The summed E-state index contributed by atoms with van der Waals surface area (Å²) < 4.78 is 0. The van der Waals surface area contributed by atoms with E-state index in [9.17, 15) is 14.4 Å². The summed E-state index contributed by atoms with van der Waals surface area (Å²) in [5.41, 5.74) is 2.36. The van der Waals surface area contributed by atoms with Gasteiger partial charge in [0.2, 0.25) is 11.8 Å². The molecule has 1 saturated heterocycles. The van der Waals surface area contributed by atoms with Crippen LogP contribution in [0.1, 0.15) is 25.0 Å². The minimum atomic E-state index is -0.445. The highest BCUT2D eigenvalue weighted by atomic mass is 16.2. The van der Waals surface area contributed by atoms with Crippen molar-refractivity contribution in [1.82, 2.24) is 4.98 Å². The summed E-state index contributed by atoms with van der Waals surface area (Å²) >= 11 is 0. The van der Waals surface area contributed by atoms with E-state index in [1.807, 2.05) is 31.2 Å². The second-order valence-corrected chi connectivity index (χ2v) is 7.51. The predicted octanol–water partition coefficient (Wildman–Crippen LogP) is 2.65. The molecule has 3 aliphatic carbocycles. The van der Waals surface area contributed by atoms with Crippen molar-refractivity contribution in [3.05, 3.63) is 36.0 Å². The van der Waals surface area contributed by atoms with Gasteiger partial charge in [0.1, 0.15) is 5.78 Å². The lowest BCUT2D eigenvalue weighted by atomic mass is 9.59. The van der Waals surface area contributed by atoms with Crippen LogP contribution in [0.4, 0.5) is 5.69 Å². The molecule has 4 aliphatic rings. The first-order valence-electron chi connectivity index (χ1n) is 8.82. The van der Waals surface area contributed by atoms with Gasteiger partial charge in [-0.25, -0.2) is 0 Å². The summed E-state index contributed by atoms with van der Waals surface area (Å²) in [4.78, 5) is 44.0. The number of nitrogens with zero attached hydrogens (tertiary/aromatic N) is 2. The molecule has 126 valence electrons. The van der Waals surface area contributed by atoms with Crippen LogP contribution in [0.5, 0.6) is 0 Å². The van der Waals surface area contributed by atoms with E-state index in [1.54, 1.807) is 6.07 Å². The molecule has 4 atom stereocenters. The Morgan fingerprint density at radius 3 is 2.60 bits per heavy atom. The van der Waals surface area contributed by atoms with E-state index in [4.69, 9.17) is 0 Å². The van der Waals surface area contributed by atoms with E-state index in [1.165, 1.54) is 4.90 Å². The maximum absolute atomic E-state index is 13.0. The van der Waals surface area contributed by atoms with Crippen LogP contribution in [0.3, 0.4) is 0 Å². The number of pyridine rings is 1. The SMILES string of the molecule is Cc1ccc2cc(N3C(=O)[C@H]4[C@@H]5CC[C@@H](C(=O)C5)[C@H]4C3=O)ccc2n1. The Bertz CT molecular complexity index is 951. The first-order valence-corrected chi connectivity index (χ1v) is 8.82. The normalized spacial score (nSPS) is 31.1. The fourth-order valence-electron chi connectivity index (χ4n) is 4.99. The van der Waals surface area contributed by atoms with Gasteiger partial charge in [0.05, 0.1) is 23.0 Å². The molecule has 2 heterocycles. The van der Waals surface area contributed by atoms with Crippen molar-refractivity contribution in [3.63, 3.8) is 0 Å². The van der Waals surface area contributed by atoms with E-state index in [-0.39, 0.29) is 35.4 Å². The molecule has 2 amide bonds. The third kappa shape index (κ3) is 1.95. The predicted molar refractivity (Wildman–Crippen MR) is 91.8 cm³/mol. The van der Waals surface area contributed by atoms with E-state index in [2.05, 4.69) is 4.98 Å². The molecule has 0 spiro atoms. The number of hydrogen-bond acceptors (Lipinski definition) is 4. The molecule has 1 aliphatic heterocycles. The first-order chi connectivity index (χ1) is 12.0. The van der Waals surface area contributed by atoms with Gasteiger partial charge < -0.3 is 0 Å². The second-order valence-electron chi connectivity index (χ2n) is 7.51. The molecule has 0 radical (unpaired) electrons. The molecule has 1 aromatic carbocycles. The van der Waals surface area contributed by atoms with Gasteiger partial charge in [0.25, 0.3) is 0 Å². The number of aromatic nitrogens is 1. The number of carbonyl (C=O) groups is 3. The van der Waals surface area contributed by atoms with Crippen LogP contribution in [0.2, 0.25) is 0 Å². The smallest absolute Gasteiger partial charge is 0.238 e. The van der Waals surface area contributed by atoms with E-state index >= 15 is 0 Å². The number of imide groups is 1. The molecular formula is C20H18N2O3. The van der Waals surface area contributed by atoms with E-state index in [0.29, 0.717) is 12.1 Å². The molecule has 6 rings (SSSR count). The summed E-state index contributed by atoms with van der Waals surface area (Å²) in [7, 11) is 0. The minimum absolute atomic E-state index is 0.0359. The van der Waals surface area contributed by atoms with Gasteiger partial charge in [-0.1, -0.05) is 6.07 Å². The van der Waals surface area contributed by atoms with Crippen LogP contribution in [0, 0.1) is 30.6 Å². The van der Waals surface area contributed by atoms with E-state index in [0.717, 1.165) is 29.4 Å². The second kappa shape index (κ2) is 4.97. The molecule has 0 unspecified atom stereocenters. The Morgan fingerprint density at radius 2 is 1.80 bits per heavy atom. The van der Waals surface area contributed by atoms with Crippen LogP contribution in [-0.4, -0.2) is 22.6 Å².